The van der Waals surface area contributed by atoms with Gasteiger partial charge in [0.2, 0.25) is 0 Å². The third kappa shape index (κ3) is 4.60. The molecule has 0 spiro atoms. The predicted octanol–water partition coefficient (Wildman–Crippen LogP) is 6.55. The van der Waals surface area contributed by atoms with E-state index in [4.69, 9.17) is 5.11 Å². The van der Waals surface area contributed by atoms with Gasteiger partial charge in [-0.2, -0.15) is 0 Å². The number of anilines is 1. The molecule has 0 aliphatic rings. The molecule has 4 aromatic carbocycles. The lowest BCUT2D eigenvalue weighted by atomic mass is 9.93. The molecule has 148 valence electrons. The fraction of sp³-hybridized carbons (Fsp3) is 0.259. The van der Waals surface area contributed by atoms with Crippen LogP contribution in [-0.4, -0.2) is 18.3 Å². The summed E-state index contributed by atoms with van der Waals surface area (Å²) in [5.41, 5.74) is 3.94. The van der Waals surface area contributed by atoms with Crippen molar-refractivity contribution < 1.29 is 5.11 Å². The molecule has 0 saturated heterocycles. The van der Waals surface area contributed by atoms with Gasteiger partial charge in [0.05, 0.1) is 0 Å². The van der Waals surface area contributed by atoms with E-state index < -0.39 is 0 Å². The van der Waals surface area contributed by atoms with E-state index in [1.54, 1.807) is 0 Å². The number of fused-ring (bicyclic) bond motifs is 3. The minimum absolute atomic E-state index is 0.302. The molecule has 29 heavy (non-hydrogen) atoms. The van der Waals surface area contributed by atoms with Gasteiger partial charge in [-0.1, -0.05) is 85.6 Å². The van der Waals surface area contributed by atoms with Gasteiger partial charge in [-0.05, 0) is 51.6 Å². The van der Waals surface area contributed by atoms with E-state index in [2.05, 4.69) is 84.2 Å². The highest BCUT2D eigenvalue weighted by atomic mass is 16.2. The highest BCUT2D eigenvalue weighted by Gasteiger charge is 2.09. The van der Waals surface area contributed by atoms with Gasteiger partial charge in [0.15, 0.2) is 0 Å². The number of hydrogen-bond acceptors (Lipinski definition) is 2. The van der Waals surface area contributed by atoms with E-state index in [9.17, 15) is 0 Å². The fourth-order valence-corrected chi connectivity index (χ4v) is 4.14. The first-order valence-electron chi connectivity index (χ1n) is 10.7. The molecule has 0 aliphatic carbocycles. The molecule has 0 fully saturated rings. The number of aliphatic hydroxyl groups is 1. The summed E-state index contributed by atoms with van der Waals surface area (Å²) in [5.74, 6) is 0. The Kier molecular flexibility index (Phi) is 6.43. The topological polar surface area (TPSA) is 32.3 Å². The van der Waals surface area contributed by atoms with Crippen LogP contribution < -0.4 is 5.32 Å². The van der Waals surface area contributed by atoms with Crippen molar-refractivity contribution in [1.82, 2.24) is 0 Å². The van der Waals surface area contributed by atoms with E-state index in [0.29, 0.717) is 6.61 Å². The van der Waals surface area contributed by atoms with E-state index in [1.165, 1.54) is 38.4 Å². The van der Waals surface area contributed by atoms with Crippen LogP contribution in [0.25, 0.3) is 21.5 Å². The number of hydrogen-bond donors (Lipinski definition) is 2. The van der Waals surface area contributed by atoms with Crippen molar-refractivity contribution in [3.8, 4) is 0 Å². The molecule has 0 heterocycles. The van der Waals surface area contributed by atoms with Gasteiger partial charge < -0.3 is 10.4 Å². The second-order valence-electron chi connectivity index (χ2n) is 7.70. The summed E-state index contributed by atoms with van der Waals surface area (Å²) in [6, 6.07) is 28.4. The van der Waals surface area contributed by atoms with Gasteiger partial charge in [-0.25, -0.2) is 0 Å². The van der Waals surface area contributed by atoms with Crippen LogP contribution in [-0.2, 0) is 6.42 Å². The Hall–Kier alpha value is -2.84. The molecule has 2 nitrogen and oxygen atoms in total. The normalized spacial score (nSPS) is 11.2. The van der Waals surface area contributed by atoms with Crippen molar-refractivity contribution in [1.29, 1.82) is 0 Å². The van der Waals surface area contributed by atoms with Crippen molar-refractivity contribution in [3.05, 3.63) is 90.0 Å². The quantitative estimate of drug-likeness (QED) is 0.254. The average Bonchev–Trinajstić information content (AvgIpc) is 2.77. The standard InChI is InChI=1S/C27H29NO/c29-18-10-2-1-9-17-28-27-16-8-4-12-22(27)20-23-19-21-11-3-5-13-24(21)26-15-7-6-14-25(23)26/h3-8,11-16,19,28-29H,1-2,9-10,17-18,20H2. The minimum atomic E-state index is 0.302. The van der Waals surface area contributed by atoms with Crippen LogP contribution in [0, 0.1) is 0 Å². The number of para-hydroxylation sites is 1. The molecule has 0 aromatic heterocycles. The number of nitrogens with one attached hydrogen (secondary N) is 1. The van der Waals surface area contributed by atoms with Crippen LogP contribution in [0.15, 0.2) is 78.9 Å². The molecule has 2 N–H and O–H groups in total. The lowest BCUT2D eigenvalue weighted by Crippen LogP contribution is -2.05. The Balaban J connectivity index is 1.59. The third-order valence-corrected chi connectivity index (χ3v) is 5.65. The molecule has 0 bridgehead atoms. The number of aliphatic hydroxyl groups excluding tert-OH is 1. The first-order valence-corrected chi connectivity index (χ1v) is 10.7. The Labute approximate surface area is 173 Å². The molecule has 0 unspecified atom stereocenters. The Morgan fingerprint density at radius 3 is 2.17 bits per heavy atom. The SMILES string of the molecule is OCCCCCCNc1ccccc1Cc1cc2ccccc2c2ccccc12. The molecule has 2 heteroatoms. The zero-order valence-corrected chi connectivity index (χ0v) is 16.9. The lowest BCUT2D eigenvalue weighted by Gasteiger charge is -2.15. The zero-order valence-electron chi connectivity index (χ0n) is 16.9. The Morgan fingerprint density at radius 2 is 1.31 bits per heavy atom. The summed E-state index contributed by atoms with van der Waals surface area (Å²) in [5, 5.41) is 17.8. The van der Waals surface area contributed by atoms with E-state index in [-0.39, 0.29) is 0 Å². The summed E-state index contributed by atoms with van der Waals surface area (Å²) in [4.78, 5) is 0. The molecule has 0 amide bonds. The summed E-state index contributed by atoms with van der Waals surface area (Å²) in [6.45, 7) is 1.27. The van der Waals surface area contributed by atoms with Gasteiger partial charge >= 0.3 is 0 Å². The monoisotopic (exact) mass is 383 g/mol. The zero-order chi connectivity index (χ0) is 19.9. The highest BCUT2D eigenvalue weighted by Crippen LogP contribution is 2.31. The van der Waals surface area contributed by atoms with Crippen LogP contribution in [0.4, 0.5) is 5.69 Å². The van der Waals surface area contributed by atoms with Crippen molar-refractivity contribution in [2.45, 2.75) is 32.1 Å². The molecule has 4 rings (SSSR count). The van der Waals surface area contributed by atoms with Crippen molar-refractivity contribution in [2.24, 2.45) is 0 Å². The second kappa shape index (κ2) is 9.58. The summed E-state index contributed by atoms with van der Waals surface area (Å²) in [6.07, 6.45) is 5.21. The van der Waals surface area contributed by atoms with Crippen molar-refractivity contribution in [2.75, 3.05) is 18.5 Å². The van der Waals surface area contributed by atoms with E-state index in [0.717, 1.165) is 38.6 Å². The minimum Gasteiger partial charge on any atom is -0.396 e. The summed E-state index contributed by atoms with van der Waals surface area (Å²) >= 11 is 0. The number of unbranched alkanes of at least 4 members (excludes halogenated alkanes) is 3. The van der Waals surface area contributed by atoms with Gasteiger partial charge in [0, 0.05) is 25.3 Å². The second-order valence-corrected chi connectivity index (χ2v) is 7.70. The first kappa shape index (κ1) is 19.5. The molecule has 0 radical (unpaired) electrons. The Morgan fingerprint density at radius 1 is 0.621 bits per heavy atom. The molecular weight excluding hydrogens is 354 g/mol. The summed E-state index contributed by atoms with van der Waals surface area (Å²) in [7, 11) is 0. The predicted molar refractivity (Wildman–Crippen MR) is 125 cm³/mol. The maximum atomic E-state index is 8.90. The Bertz CT molecular complexity index is 1090. The highest BCUT2D eigenvalue weighted by molar-refractivity contribution is 6.09. The van der Waals surface area contributed by atoms with E-state index >= 15 is 0 Å². The van der Waals surface area contributed by atoms with Crippen LogP contribution in [0.5, 0.6) is 0 Å². The van der Waals surface area contributed by atoms with Crippen molar-refractivity contribution >= 4 is 27.2 Å². The fourth-order valence-electron chi connectivity index (χ4n) is 4.14. The smallest absolute Gasteiger partial charge is 0.0431 e. The van der Waals surface area contributed by atoms with Crippen LogP contribution in [0.3, 0.4) is 0 Å². The first-order chi connectivity index (χ1) is 14.4. The molecular formula is C27H29NO. The van der Waals surface area contributed by atoms with Gasteiger partial charge in [-0.3, -0.25) is 0 Å². The number of rotatable bonds is 9. The van der Waals surface area contributed by atoms with Gasteiger partial charge in [-0.15, -0.1) is 0 Å². The molecule has 4 aromatic rings. The average molecular weight is 384 g/mol. The van der Waals surface area contributed by atoms with Crippen molar-refractivity contribution in [3.63, 3.8) is 0 Å². The lowest BCUT2D eigenvalue weighted by molar-refractivity contribution is 0.283. The van der Waals surface area contributed by atoms with Crippen LogP contribution in [0.1, 0.15) is 36.8 Å². The van der Waals surface area contributed by atoms with Crippen LogP contribution in [0.2, 0.25) is 0 Å². The molecule has 0 atom stereocenters. The summed E-state index contributed by atoms with van der Waals surface area (Å²) < 4.78 is 0. The van der Waals surface area contributed by atoms with Gasteiger partial charge in [0.1, 0.15) is 0 Å². The largest absolute Gasteiger partial charge is 0.396 e. The maximum Gasteiger partial charge on any atom is 0.0431 e. The molecule has 0 saturated carbocycles. The third-order valence-electron chi connectivity index (χ3n) is 5.65. The molecule has 0 aliphatic heterocycles. The van der Waals surface area contributed by atoms with Gasteiger partial charge in [0.25, 0.3) is 0 Å². The van der Waals surface area contributed by atoms with E-state index in [1.807, 2.05) is 0 Å². The maximum absolute atomic E-state index is 8.90. The van der Waals surface area contributed by atoms with Crippen LogP contribution >= 0.6 is 0 Å². The number of benzene rings is 4.